The number of hydrogen-bond donors (Lipinski definition) is 1. The molecule has 0 amide bonds. The smallest absolute Gasteiger partial charge is 0.437 e. The van der Waals surface area contributed by atoms with Crippen LogP contribution in [0.1, 0.15) is 5.56 Å². The number of fused-ring (bicyclic) bond motifs is 3. The lowest BCUT2D eigenvalue weighted by Crippen LogP contribution is -2.12. The molecule has 1 N–H and O–H groups in total. The predicted molar refractivity (Wildman–Crippen MR) is 76.4 cm³/mol. The minimum absolute atomic E-state index is 0.105. The van der Waals surface area contributed by atoms with Gasteiger partial charge in [-0.3, -0.25) is 9.20 Å². The number of aromatic nitrogens is 3. The molecule has 0 radical (unpaired) electrons. The number of ether oxygens (including phenoxy) is 2. The SMILES string of the molecule is COC(=O)Oc1cn2c(n1)c(=O)[nH]c1cc(C(F)(F)F)c(Cl)cc12. The molecule has 0 saturated heterocycles. The molecule has 0 aliphatic rings. The van der Waals surface area contributed by atoms with Gasteiger partial charge in [-0.2, -0.15) is 18.2 Å². The van der Waals surface area contributed by atoms with E-state index >= 15 is 0 Å². The molecule has 1 aromatic carbocycles. The van der Waals surface area contributed by atoms with Crippen LogP contribution in [-0.2, 0) is 10.9 Å². The number of benzene rings is 1. The number of halogens is 4. The molecular formula is C13H7ClF3N3O4. The number of carbonyl (C=O) groups excluding carboxylic acids is 1. The Morgan fingerprint density at radius 2 is 2.08 bits per heavy atom. The summed E-state index contributed by atoms with van der Waals surface area (Å²) in [4.78, 5) is 29.1. The monoisotopic (exact) mass is 361 g/mol. The largest absolute Gasteiger partial charge is 0.514 e. The van der Waals surface area contributed by atoms with E-state index in [1.54, 1.807) is 0 Å². The summed E-state index contributed by atoms with van der Waals surface area (Å²) in [5, 5.41) is -0.549. The molecule has 3 rings (SSSR count). The summed E-state index contributed by atoms with van der Waals surface area (Å²) >= 11 is 5.69. The third-order valence-corrected chi connectivity index (χ3v) is 3.45. The van der Waals surface area contributed by atoms with Crippen LogP contribution in [-0.4, -0.2) is 27.6 Å². The van der Waals surface area contributed by atoms with E-state index in [4.69, 9.17) is 16.3 Å². The molecule has 2 aromatic heterocycles. The summed E-state index contributed by atoms with van der Waals surface area (Å²) in [5.41, 5.74) is -1.99. The fourth-order valence-electron chi connectivity index (χ4n) is 2.14. The Balaban J connectivity index is 2.28. The Morgan fingerprint density at radius 3 is 2.71 bits per heavy atom. The van der Waals surface area contributed by atoms with Crippen LogP contribution in [0.5, 0.6) is 5.88 Å². The summed E-state index contributed by atoms with van der Waals surface area (Å²) in [6.45, 7) is 0. The van der Waals surface area contributed by atoms with Crippen LogP contribution in [0.2, 0.25) is 5.02 Å². The van der Waals surface area contributed by atoms with Crippen LogP contribution in [0.4, 0.5) is 18.0 Å². The highest BCUT2D eigenvalue weighted by molar-refractivity contribution is 6.32. The lowest BCUT2D eigenvalue weighted by atomic mass is 10.2. The number of nitrogens with zero attached hydrogens (tertiary/aromatic N) is 2. The fourth-order valence-corrected chi connectivity index (χ4v) is 2.40. The van der Waals surface area contributed by atoms with Gasteiger partial charge in [-0.15, -0.1) is 0 Å². The van der Waals surface area contributed by atoms with Gasteiger partial charge in [0.15, 0.2) is 0 Å². The van der Waals surface area contributed by atoms with Gasteiger partial charge in [0.1, 0.15) is 0 Å². The van der Waals surface area contributed by atoms with Crippen molar-refractivity contribution in [3.63, 3.8) is 0 Å². The van der Waals surface area contributed by atoms with Crippen molar-refractivity contribution in [3.8, 4) is 5.88 Å². The highest BCUT2D eigenvalue weighted by Gasteiger charge is 2.33. The molecule has 0 bridgehead atoms. The zero-order valence-corrected chi connectivity index (χ0v) is 12.5. The van der Waals surface area contributed by atoms with Gasteiger partial charge in [0.05, 0.1) is 34.9 Å². The number of hydrogen-bond acceptors (Lipinski definition) is 5. The van der Waals surface area contributed by atoms with Crippen LogP contribution in [0, 0.1) is 0 Å². The van der Waals surface area contributed by atoms with Crippen molar-refractivity contribution in [3.05, 3.63) is 39.3 Å². The molecule has 126 valence electrons. The van der Waals surface area contributed by atoms with Crippen molar-refractivity contribution in [2.45, 2.75) is 6.18 Å². The standard InChI is InChI=1S/C13H7ClF3N3O4/c1-23-12(22)24-9-4-20-8-3-6(14)5(13(15,16)17)2-7(8)18-11(21)10(20)19-9/h2-4H,1H3,(H,18,21). The van der Waals surface area contributed by atoms with E-state index in [0.717, 1.165) is 25.4 Å². The highest BCUT2D eigenvalue weighted by Crippen LogP contribution is 2.36. The van der Waals surface area contributed by atoms with Gasteiger partial charge in [-0.25, -0.2) is 4.79 Å². The van der Waals surface area contributed by atoms with Crippen molar-refractivity contribution in [1.82, 2.24) is 14.4 Å². The number of aromatic amines is 1. The zero-order chi connectivity index (χ0) is 17.6. The molecule has 0 atom stereocenters. The Kier molecular flexibility index (Phi) is 3.63. The number of nitrogens with one attached hydrogen (secondary N) is 1. The summed E-state index contributed by atoms with van der Waals surface area (Å²) in [7, 11) is 1.08. The molecule has 0 unspecified atom stereocenters. The first kappa shape index (κ1) is 16.1. The molecule has 7 nitrogen and oxygen atoms in total. The topological polar surface area (TPSA) is 85.7 Å². The molecule has 0 aliphatic carbocycles. The lowest BCUT2D eigenvalue weighted by molar-refractivity contribution is -0.137. The number of H-pyrrole nitrogens is 1. The molecule has 3 aromatic rings. The maximum atomic E-state index is 12.9. The Bertz CT molecular complexity index is 1030. The van der Waals surface area contributed by atoms with Gasteiger partial charge in [0, 0.05) is 0 Å². The van der Waals surface area contributed by atoms with Gasteiger partial charge < -0.3 is 14.5 Å². The van der Waals surface area contributed by atoms with Crippen LogP contribution in [0.3, 0.4) is 0 Å². The van der Waals surface area contributed by atoms with Gasteiger partial charge in [0.2, 0.25) is 11.5 Å². The second kappa shape index (κ2) is 5.41. The second-order valence-electron chi connectivity index (χ2n) is 4.63. The molecule has 0 aliphatic heterocycles. The van der Waals surface area contributed by atoms with Crippen molar-refractivity contribution >= 4 is 34.4 Å². The summed E-state index contributed by atoms with van der Waals surface area (Å²) < 4.78 is 48.9. The van der Waals surface area contributed by atoms with E-state index in [1.807, 2.05) is 0 Å². The van der Waals surface area contributed by atoms with E-state index in [9.17, 15) is 22.8 Å². The van der Waals surface area contributed by atoms with Crippen LogP contribution >= 0.6 is 11.6 Å². The minimum atomic E-state index is -4.68. The van der Waals surface area contributed by atoms with Crippen LogP contribution in [0.15, 0.2) is 23.1 Å². The molecule has 2 heterocycles. The first-order chi connectivity index (χ1) is 11.2. The zero-order valence-electron chi connectivity index (χ0n) is 11.8. The van der Waals surface area contributed by atoms with Crippen molar-refractivity contribution in [1.29, 1.82) is 0 Å². The van der Waals surface area contributed by atoms with Crippen LogP contribution < -0.4 is 10.3 Å². The first-order valence-electron chi connectivity index (χ1n) is 6.28. The Morgan fingerprint density at radius 1 is 1.38 bits per heavy atom. The maximum absolute atomic E-state index is 12.9. The maximum Gasteiger partial charge on any atom is 0.514 e. The van der Waals surface area contributed by atoms with Crippen LogP contribution in [0.25, 0.3) is 16.7 Å². The molecular weight excluding hydrogens is 355 g/mol. The van der Waals surface area contributed by atoms with Crippen molar-refractivity contribution in [2.75, 3.05) is 7.11 Å². The second-order valence-corrected chi connectivity index (χ2v) is 5.04. The van der Waals surface area contributed by atoms with E-state index in [2.05, 4.69) is 14.7 Å². The van der Waals surface area contributed by atoms with Gasteiger partial charge in [-0.1, -0.05) is 11.6 Å². The number of rotatable bonds is 1. The van der Waals surface area contributed by atoms with E-state index in [-0.39, 0.29) is 22.6 Å². The fraction of sp³-hybridized carbons (Fsp3) is 0.154. The first-order valence-corrected chi connectivity index (χ1v) is 6.66. The predicted octanol–water partition coefficient (Wildman–Crippen LogP) is 2.99. The number of alkyl halides is 3. The molecule has 0 fully saturated rings. The number of methoxy groups -OCH3 is 1. The third kappa shape index (κ3) is 2.64. The Labute approximate surface area is 135 Å². The van der Waals surface area contributed by atoms with E-state index in [1.165, 1.54) is 4.40 Å². The van der Waals surface area contributed by atoms with Crippen molar-refractivity contribution in [2.24, 2.45) is 0 Å². The average molecular weight is 362 g/mol. The van der Waals surface area contributed by atoms with Crippen molar-refractivity contribution < 1.29 is 27.4 Å². The highest BCUT2D eigenvalue weighted by atomic mass is 35.5. The Hall–Kier alpha value is -2.75. The quantitative estimate of drug-likeness (QED) is 0.673. The lowest BCUT2D eigenvalue weighted by Gasteiger charge is -2.10. The van der Waals surface area contributed by atoms with Gasteiger partial charge in [-0.05, 0) is 12.1 Å². The normalized spacial score (nSPS) is 11.9. The summed E-state index contributed by atoms with van der Waals surface area (Å²) in [6, 6.07) is 1.76. The summed E-state index contributed by atoms with van der Waals surface area (Å²) in [6.07, 6.45) is -4.57. The number of carbonyl (C=O) groups is 1. The van der Waals surface area contributed by atoms with Gasteiger partial charge >= 0.3 is 12.3 Å². The third-order valence-electron chi connectivity index (χ3n) is 3.14. The van der Waals surface area contributed by atoms with E-state index in [0.29, 0.717) is 0 Å². The molecule has 11 heteroatoms. The summed E-state index contributed by atoms with van der Waals surface area (Å²) in [5.74, 6) is -0.254. The van der Waals surface area contributed by atoms with E-state index < -0.39 is 28.5 Å². The average Bonchev–Trinajstić information content (AvgIpc) is 2.91. The number of imidazole rings is 1. The molecule has 0 spiro atoms. The minimum Gasteiger partial charge on any atom is -0.437 e. The van der Waals surface area contributed by atoms with Gasteiger partial charge in [0.25, 0.3) is 5.56 Å². The molecule has 24 heavy (non-hydrogen) atoms. The molecule has 0 saturated carbocycles.